The number of anilines is 1. The van der Waals surface area contributed by atoms with E-state index in [1.54, 1.807) is 4.68 Å². The first-order chi connectivity index (χ1) is 12.8. The number of aryl methyl sites for hydroxylation is 5. The quantitative estimate of drug-likeness (QED) is 0.756. The topological polar surface area (TPSA) is 72.7 Å². The lowest BCUT2D eigenvalue weighted by Gasteiger charge is -2.25. The number of benzene rings is 1. The van der Waals surface area contributed by atoms with Gasteiger partial charge in [0.1, 0.15) is 5.82 Å². The predicted molar refractivity (Wildman–Crippen MR) is 104 cm³/mol. The van der Waals surface area contributed by atoms with E-state index in [4.69, 9.17) is 0 Å². The molecule has 0 saturated carbocycles. The van der Waals surface area contributed by atoms with Crippen LogP contribution in [-0.4, -0.2) is 25.7 Å². The van der Waals surface area contributed by atoms with Gasteiger partial charge in [0.25, 0.3) is 5.95 Å². The second-order valence-electron chi connectivity index (χ2n) is 7.38. The lowest BCUT2D eigenvalue weighted by Crippen LogP contribution is -2.25. The molecule has 0 fully saturated rings. The van der Waals surface area contributed by atoms with Crippen molar-refractivity contribution < 1.29 is 4.79 Å². The van der Waals surface area contributed by atoms with E-state index < -0.39 is 0 Å². The fourth-order valence-corrected chi connectivity index (χ4v) is 3.98. The van der Waals surface area contributed by atoms with E-state index in [0.717, 1.165) is 22.6 Å². The average Bonchev–Trinajstić information content (AvgIpc) is 2.90. The first kappa shape index (κ1) is 17.4. The molecular weight excluding hydrogens is 338 g/mol. The maximum absolute atomic E-state index is 12.5. The number of fused-ring (bicyclic) bond motifs is 1. The molecule has 1 aliphatic rings. The zero-order valence-electron chi connectivity index (χ0n) is 16.3. The van der Waals surface area contributed by atoms with Gasteiger partial charge in [-0.1, -0.05) is 23.8 Å². The van der Waals surface area contributed by atoms with Crippen molar-refractivity contribution in [2.24, 2.45) is 0 Å². The number of amides is 1. The highest BCUT2D eigenvalue weighted by Gasteiger charge is 2.33. The number of carbonyl (C=O) groups excluding carboxylic acids is 1. The smallest absolute Gasteiger partial charge is 0.252 e. The molecule has 6 nitrogen and oxygen atoms in total. The Balaban J connectivity index is 1.91. The summed E-state index contributed by atoms with van der Waals surface area (Å²) in [5.41, 5.74) is 7.24. The molecule has 138 valence electrons. The van der Waals surface area contributed by atoms with Crippen LogP contribution in [0.4, 0.5) is 5.82 Å². The van der Waals surface area contributed by atoms with Crippen LogP contribution in [0.1, 0.15) is 51.7 Å². The van der Waals surface area contributed by atoms with Crippen molar-refractivity contribution in [2.75, 3.05) is 5.32 Å². The van der Waals surface area contributed by atoms with Crippen molar-refractivity contribution in [3.63, 3.8) is 0 Å². The molecular formula is C21H23N5O. The van der Waals surface area contributed by atoms with Gasteiger partial charge in [-0.3, -0.25) is 4.79 Å². The lowest BCUT2D eigenvalue weighted by molar-refractivity contribution is -0.116. The summed E-state index contributed by atoms with van der Waals surface area (Å²) in [7, 11) is 0. The van der Waals surface area contributed by atoms with Crippen LogP contribution in [0, 0.1) is 34.6 Å². The molecule has 1 atom stereocenters. The van der Waals surface area contributed by atoms with Crippen LogP contribution in [0.2, 0.25) is 0 Å². The molecule has 3 aromatic rings. The van der Waals surface area contributed by atoms with E-state index in [9.17, 15) is 4.79 Å². The molecule has 0 unspecified atom stereocenters. The summed E-state index contributed by atoms with van der Waals surface area (Å²) in [5, 5.41) is 7.68. The number of rotatable bonds is 2. The van der Waals surface area contributed by atoms with E-state index >= 15 is 0 Å². The van der Waals surface area contributed by atoms with Gasteiger partial charge in [0.2, 0.25) is 5.91 Å². The van der Waals surface area contributed by atoms with E-state index in [1.807, 2.05) is 26.8 Å². The van der Waals surface area contributed by atoms with Gasteiger partial charge in [0.15, 0.2) is 0 Å². The predicted octanol–water partition coefficient (Wildman–Crippen LogP) is 3.68. The molecule has 0 bridgehead atoms. The second-order valence-corrected chi connectivity index (χ2v) is 7.38. The molecule has 6 heteroatoms. The minimum Gasteiger partial charge on any atom is -0.310 e. The fourth-order valence-electron chi connectivity index (χ4n) is 3.98. The summed E-state index contributed by atoms with van der Waals surface area (Å²) in [5.74, 6) is 1.13. The van der Waals surface area contributed by atoms with Gasteiger partial charge >= 0.3 is 0 Å². The Bertz CT molecular complexity index is 1050. The van der Waals surface area contributed by atoms with Gasteiger partial charge in [0, 0.05) is 29.3 Å². The Labute approximate surface area is 158 Å². The zero-order chi connectivity index (χ0) is 19.3. The number of carbonyl (C=O) groups is 1. The third kappa shape index (κ3) is 3.01. The Hall–Kier alpha value is -3.02. The van der Waals surface area contributed by atoms with Gasteiger partial charge in [-0.05, 0) is 51.8 Å². The van der Waals surface area contributed by atoms with Gasteiger partial charge in [-0.2, -0.15) is 9.78 Å². The van der Waals surface area contributed by atoms with Crippen LogP contribution in [0.25, 0.3) is 5.95 Å². The Morgan fingerprint density at radius 3 is 2.41 bits per heavy atom. The standard InChI is InChI=1S/C21H23N5O/c1-11-6-7-16(12(2)8-11)17-10-18(27)24-20-19(17)15(5)25-26(20)21-22-13(3)9-14(4)23-21/h6-9,17H,10H2,1-5H3,(H,24,27)/t17-/m0/s1. The average molecular weight is 361 g/mol. The van der Waals surface area contributed by atoms with Crippen LogP contribution < -0.4 is 5.32 Å². The largest absolute Gasteiger partial charge is 0.310 e. The number of aromatic nitrogens is 4. The van der Waals surface area contributed by atoms with Crippen LogP contribution >= 0.6 is 0 Å². The summed E-state index contributed by atoms with van der Waals surface area (Å²) in [6.07, 6.45) is 0.414. The Morgan fingerprint density at radius 1 is 1.04 bits per heavy atom. The highest BCUT2D eigenvalue weighted by atomic mass is 16.1. The minimum absolute atomic E-state index is 0.0157. The third-order valence-electron chi connectivity index (χ3n) is 5.06. The number of nitrogens with one attached hydrogen (secondary N) is 1. The van der Waals surface area contributed by atoms with Gasteiger partial charge in [0.05, 0.1) is 5.69 Å². The highest BCUT2D eigenvalue weighted by molar-refractivity contribution is 5.95. The van der Waals surface area contributed by atoms with Crippen LogP contribution in [0.3, 0.4) is 0 Å². The van der Waals surface area contributed by atoms with Crippen LogP contribution in [0.5, 0.6) is 0 Å². The molecule has 0 spiro atoms. The fraction of sp³-hybridized carbons (Fsp3) is 0.333. The maximum atomic E-state index is 12.5. The number of hydrogen-bond donors (Lipinski definition) is 1. The van der Waals surface area contributed by atoms with Crippen LogP contribution in [-0.2, 0) is 4.79 Å². The summed E-state index contributed by atoms with van der Waals surface area (Å²) in [6, 6.07) is 8.31. The molecule has 1 amide bonds. The van der Waals surface area contributed by atoms with E-state index in [1.165, 1.54) is 16.7 Å². The van der Waals surface area contributed by atoms with E-state index in [2.05, 4.69) is 52.4 Å². The van der Waals surface area contributed by atoms with Crippen molar-refractivity contribution in [1.82, 2.24) is 19.7 Å². The molecule has 0 saturated heterocycles. The number of nitrogens with zero attached hydrogens (tertiary/aromatic N) is 4. The van der Waals surface area contributed by atoms with E-state index in [0.29, 0.717) is 18.2 Å². The van der Waals surface area contributed by atoms with Crippen molar-refractivity contribution in [2.45, 2.75) is 47.0 Å². The van der Waals surface area contributed by atoms with Crippen LogP contribution in [0.15, 0.2) is 24.3 Å². The molecule has 1 aliphatic heterocycles. The minimum atomic E-state index is -0.0194. The van der Waals surface area contributed by atoms with Crippen molar-refractivity contribution in [3.05, 3.63) is 63.6 Å². The summed E-state index contributed by atoms with van der Waals surface area (Å²) in [4.78, 5) is 21.6. The van der Waals surface area contributed by atoms with Gasteiger partial charge < -0.3 is 5.32 Å². The van der Waals surface area contributed by atoms with Gasteiger partial charge in [-0.15, -0.1) is 0 Å². The summed E-state index contributed by atoms with van der Waals surface area (Å²) in [6.45, 7) is 10.0. The second kappa shape index (κ2) is 6.30. The van der Waals surface area contributed by atoms with Crippen molar-refractivity contribution in [1.29, 1.82) is 0 Å². The molecule has 0 radical (unpaired) electrons. The third-order valence-corrected chi connectivity index (χ3v) is 5.06. The molecule has 1 aromatic carbocycles. The molecule has 27 heavy (non-hydrogen) atoms. The molecule has 2 aromatic heterocycles. The zero-order valence-corrected chi connectivity index (χ0v) is 16.3. The first-order valence-corrected chi connectivity index (χ1v) is 9.12. The SMILES string of the molecule is Cc1ccc([C@@H]2CC(=O)Nc3c2c(C)nn3-c2nc(C)cc(C)n2)c(C)c1. The van der Waals surface area contributed by atoms with Crippen molar-refractivity contribution in [3.8, 4) is 5.95 Å². The monoisotopic (exact) mass is 361 g/mol. The number of hydrogen-bond acceptors (Lipinski definition) is 4. The highest BCUT2D eigenvalue weighted by Crippen LogP contribution is 2.41. The molecule has 0 aliphatic carbocycles. The Kier molecular flexibility index (Phi) is 4.06. The molecule has 1 N–H and O–H groups in total. The van der Waals surface area contributed by atoms with E-state index in [-0.39, 0.29) is 11.8 Å². The van der Waals surface area contributed by atoms with Crippen molar-refractivity contribution >= 4 is 11.7 Å². The normalized spacial score (nSPS) is 16.2. The lowest BCUT2D eigenvalue weighted by atomic mass is 9.83. The van der Waals surface area contributed by atoms with Gasteiger partial charge in [-0.25, -0.2) is 9.97 Å². The summed E-state index contributed by atoms with van der Waals surface area (Å²) >= 11 is 0. The molecule has 3 heterocycles. The Morgan fingerprint density at radius 2 is 1.74 bits per heavy atom. The maximum Gasteiger partial charge on any atom is 0.252 e. The first-order valence-electron chi connectivity index (χ1n) is 9.12. The molecule has 4 rings (SSSR count). The summed E-state index contributed by atoms with van der Waals surface area (Å²) < 4.78 is 1.66.